The first-order valence-corrected chi connectivity index (χ1v) is 22.2. The van der Waals surface area contributed by atoms with Gasteiger partial charge in [-0.25, -0.2) is 9.97 Å². The first-order valence-electron chi connectivity index (χ1n) is 19.4. The molecule has 57 heavy (non-hydrogen) atoms. The first kappa shape index (κ1) is 32.3. The lowest BCUT2D eigenvalue weighted by atomic mass is 10.1. The summed E-state index contributed by atoms with van der Waals surface area (Å²) in [5.74, 6) is 0.719. The third-order valence-electron chi connectivity index (χ3n) is 11.9. The van der Waals surface area contributed by atoms with Crippen molar-refractivity contribution in [2.75, 3.05) is 0 Å². The summed E-state index contributed by atoms with van der Waals surface area (Å²) >= 11 is 1.87. The zero-order valence-electron chi connectivity index (χ0n) is 30.8. The van der Waals surface area contributed by atoms with Gasteiger partial charge in [-0.1, -0.05) is 164 Å². The molecule has 0 saturated heterocycles. The maximum absolute atomic E-state index is 5.74. The van der Waals surface area contributed by atoms with Gasteiger partial charge in [-0.15, -0.1) is 11.3 Å². The van der Waals surface area contributed by atoms with Crippen molar-refractivity contribution in [2.45, 2.75) is 0 Å². The van der Waals surface area contributed by atoms with E-state index in [1.165, 1.54) is 62.8 Å². The van der Waals surface area contributed by atoms with Crippen LogP contribution >= 0.6 is 11.3 Å². The molecular weight excluding hydrogens is 727 g/mol. The van der Waals surface area contributed by atoms with Crippen LogP contribution in [0, 0.1) is 0 Å². The van der Waals surface area contributed by atoms with Gasteiger partial charge in [-0.3, -0.25) is 0 Å². The molecule has 0 atom stereocenters. The SMILES string of the molecule is c1ccc(-c2nc(-c3ccccc3-n3c4ccccc4c4cc5sc6ccccc6c5cc43)nc3c2[Si](c2ccccc2)(c2ccccc2)c2ccccc2-3)cc1. The van der Waals surface area contributed by atoms with Crippen LogP contribution in [0.5, 0.6) is 0 Å². The van der Waals surface area contributed by atoms with Crippen molar-refractivity contribution in [1.82, 2.24) is 14.5 Å². The number of fused-ring (bicyclic) bond motifs is 9. The molecule has 4 heterocycles. The fourth-order valence-corrected chi connectivity index (χ4v) is 15.9. The molecule has 0 amide bonds. The molecule has 3 nitrogen and oxygen atoms in total. The van der Waals surface area contributed by atoms with Crippen LogP contribution in [0.3, 0.4) is 0 Å². The predicted molar refractivity (Wildman–Crippen MR) is 243 cm³/mol. The van der Waals surface area contributed by atoms with Gasteiger partial charge in [0.25, 0.3) is 0 Å². The van der Waals surface area contributed by atoms with Crippen LogP contribution in [-0.2, 0) is 0 Å². The average molecular weight is 760 g/mol. The molecule has 0 N–H and O–H groups in total. The summed E-state index contributed by atoms with van der Waals surface area (Å²) in [4.78, 5) is 11.5. The van der Waals surface area contributed by atoms with Gasteiger partial charge < -0.3 is 4.57 Å². The van der Waals surface area contributed by atoms with E-state index in [1.807, 2.05) is 11.3 Å². The molecule has 8 aromatic carbocycles. The van der Waals surface area contributed by atoms with Crippen LogP contribution in [-0.4, -0.2) is 22.6 Å². The number of nitrogens with zero attached hydrogens (tertiary/aromatic N) is 3. The van der Waals surface area contributed by atoms with Gasteiger partial charge in [0.2, 0.25) is 0 Å². The number of hydrogen-bond donors (Lipinski definition) is 0. The Morgan fingerprint density at radius 2 is 1.02 bits per heavy atom. The molecular formula is C52H33N3SSi. The average Bonchev–Trinajstić information content (AvgIpc) is 3.92. The van der Waals surface area contributed by atoms with Crippen LogP contribution in [0.25, 0.3) is 81.6 Å². The molecule has 0 saturated carbocycles. The molecule has 0 aliphatic carbocycles. The van der Waals surface area contributed by atoms with E-state index >= 15 is 0 Å². The Kier molecular flexibility index (Phi) is 7.12. The molecule has 5 heteroatoms. The summed E-state index contributed by atoms with van der Waals surface area (Å²) in [6.07, 6.45) is 0. The summed E-state index contributed by atoms with van der Waals surface area (Å²) < 4.78 is 5.05. The Morgan fingerprint density at radius 1 is 0.421 bits per heavy atom. The Morgan fingerprint density at radius 3 is 1.79 bits per heavy atom. The quantitative estimate of drug-likeness (QED) is 0.164. The van der Waals surface area contributed by atoms with E-state index in [9.17, 15) is 0 Å². The van der Waals surface area contributed by atoms with Crippen molar-refractivity contribution < 1.29 is 0 Å². The summed E-state index contributed by atoms with van der Waals surface area (Å²) in [6, 6.07) is 73.0. The van der Waals surface area contributed by atoms with Gasteiger partial charge in [-0.2, -0.15) is 0 Å². The van der Waals surface area contributed by atoms with Crippen molar-refractivity contribution in [2.24, 2.45) is 0 Å². The third kappa shape index (κ3) is 4.64. The molecule has 1 aliphatic heterocycles. The lowest BCUT2D eigenvalue weighted by molar-refractivity contribution is 1.15. The van der Waals surface area contributed by atoms with Crippen LogP contribution < -0.4 is 20.7 Å². The van der Waals surface area contributed by atoms with Crippen molar-refractivity contribution in [3.8, 4) is 39.6 Å². The fraction of sp³-hybridized carbons (Fsp3) is 0. The van der Waals surface area contributed by atoms with Gasteiger partial charge in [0.15, 0.2) is 13.9 Å². The van der Waals surface area contributed by atoms with E-state index < -0.39 is 8.07 Å². The van der Waals surface area contributed by atoms with Gasteiger partial charge >= 0.3 is 0 Å². The Labute approximate surface area is 334 Å². The third-order valence-corrected chi connectivity index (χ3v) is 17.9. The fourth-order valence-electron chi connectivity index (χ4n) is 9.53. The maximum Gasteiger partial charge on any atom is 0.185 e. The maximum atomic E-state index is 5.74. The van der Waals surface area contributed by atoms with E-state index in [1.54, 1.807) is 0 Å². The second kappa shape index (κ2) is 12.5. The Bertz CT molecular complexity index is 3310. The van der Waals surface area contributed by atoms with Crippen molar-refractivity contribution in [3.05, 3.63) is 200 Å². The first-order chi connectivity index (χ1) is 28.3. The zero-order chi connectivity index (χ0) is 37.5. The minimum absolute atomic E-state index is 0.719. The topological polar surface area (TPSA) is 30.7 Å². The highest BCUT2D eigenvalue weighted by Gasteiger charge is 2.51. The molecule has 3 aromatic heterocycles. The zero-order valence-corrected chi connectivity index (χ0v) is 32.6. The Balaban J connectivity index is 1.19. The monoisotopic (exact) mass is 759 g/mol. The summed E-state index contributed by atoms with van der Waals surface area (Å²) in [6.45, 7) is 0. The van der Waals surface area contributed by atoms with Crippen molar-refractivity contribution in [3.63, 3.8) is 0 Å². The molecule has 1 aliphatic rings. The molecule has 0 unspecified atom stereocenters. The number of thiophene rings is 1. The largest absolute Gasteiger partial charge is 0.308 e. The summed E-state index contributed by atoms with van der Waals surface area (Å²) in [5, 5.41) is 10.3. The molecule has 11 aromatic rings. The van der Waals surface area contributed by atoms with Crippen LogP contribution in [0.15, 0.2) is 200 Å². The number of benzene rings is 8. The van der Waals surface area contributed by atoms with Crippen LogP contribution in [0.2, 0.25) is 0 Å². The number of hydrogen-bond acceptors (Lipinski definition) is 3. The molecule has 0 radical (unpaired) electrons. The molecule has 266 valence electrons. The Hall–Kier alpha value is -6.92. The lowest BCUT2D eigenvalue weighted by Gasteiger charge is -2.32. The van der Waals surface area contributed by atoms with Crippen molar-refractivity contribution >= 4 is 82.1 Å². The molecule has 0 fully saturated rings. The van der Waals surface area contributed by atoms with Crippen LogP contribution in [0.1, 0.15) is 0 Å². The molecule has 12 rings (SSSR count). The second-order valence-electron chi connectivity index (χ2n) is 14.8. The van der Waals surface area contributed by atoms with Crippen molar-refractivity contribution in [1.29, 1.82) is 0 Å². The minimum atomic E-state index is -2.89. The van der Waals surface area contributed by atoms with E-state index in [-0.39, 0.29) is 0 Å². The summed E-state index contributed by atoms with van der Waals surface area (Å²) in [5.41, 5.74) is 8.69. The normalized spacial score (nSPS) is 13.1. The highest BCUT2D eigenvalue weighted by atomic mass is 32.1. The summed E-state index contributed by atoms with van der Waals surface area (Å²) in [7, 11) is -2.89. The van der Waals surface area contributed by atoms with Gasteiger partial charge in [0.1, 0.15) is 0 Å². The number of para-hydroxylation sites is 2. The number of aromatic nitrogens is 3. The van der Waals surface area contributed by atoms with E-state index in [4.69, 9.17) is 9.97 Å². The smallest absolute Gasteiger partial charge is 0.185 e. The van der Waals surface area contributed by atoms with Crippen LogP contribution in [0.4, 0.5) is 0 Å². The van der Waals surface area contributed by atoms with E-state index in [0.29, 0.717) is 0 Å². The second-order valence-corrected chi connectivity index (χ2v) is 19.6. The number of rotatable bonds is 5. The van der Waals surface area contributed by atoms with Gasteiger partial charge in [0, 0.05) is 52.8 Å². The molecule has 0 spiro atoms. The van der Waals surface area contributed by atoms with E-state index in [0.717, 1.165) is 39.5 Å². The minimum Gasteiger partial charge on any atom is -0.308 e. The lowest BCUT2D eigenvalue weighted by Crippen LogP contribution is -2.73. The highest BCUT2D eigenvalue weighted by Crippen LogP contribution is 2.42. The van der Waals surface area contributed by atoms with E-state index in [2.05, 4.69) is 205 Å². The standard InChI is InChI=1S/C52H33N3SSi/c1-4-18-34(19-5-1)49-51-50(40-27-13-17-31-48(40)57(51,35-20-6-2-7-21-35)36-22-8-3-9-23-36)54-52(53-49)39-26-11-15-29-44(39)55-43-28-14-10-24-37(43)41-33-47-42(32-45(41)55)38-25-12-16-30-46(38)56-47/h1-33H. The highest BCUT2D eigenvalue weighted by molar-refractivity contribution is 7.26. The molecule has 0 bridgehead atoms. The van der Waals surface area contributed by atoms with Gasteiger partial charge in [0.05, 0.1) is 28.1 Å². The predicted octanol–water partition coefficient (Wildman–Crippen LogP) is 10.6. The van der Waals surface area contributed by atoms with Gasteiger partial charge in [-0.05, 0) is 52.0 Å².